The van der Waals surface area contributed by atoms with Crippen LogP contribution in [0.4, 0.5) is 10.1 Å². The van der Waals surface area contributed by atoms with E-state index in [-0.39, 0.29) is 30.7 Å². The fourth-order valence-electron chi connectivity index (χ4n) is 5.73. The van der Waals surface area contributed by atoms with Gasteiger partial charge < -0.3 is 19.3 Å². The largest absolute Gasteiger partial charge is 0.497 e. The van der Waals surface area contributed by atoms with E-state index in [0.717, 1.165) is 11.1 Å². The molecule has 3 aromatic carbocycles. The number of anilines is 1. The number of esters is 1. The van der Waals surface area contributed by atoms with Crippen LogP contribution in [0.5, 0.6) is 5.75 Å². The van der Waals surface area contributed by atoms with Crippen molar-refractivity contribution in [2.75, 3.05) is 44.8 Å². The second-order valence-corrected chi connectivity index (χ2v) is 11.3. The first-order valence-electron chi connectivity index (χ1n) is 14.4. The lowest BCUT2D eigenvalue weighted by molar-refractivity contribution is -0.157. The Bertz CT molecular complexity index is 1440. The topological polar surface area (TPSA) is 79.4 Å². The lowest BCUT2D eigenvalue weighted by atomic mass is 9.83. The number of benzene rings is 3. The van der Waals surface area contributed by atoms with E-state index in [1.54, 1.807) is 41.2 Å². The van der Waals surface area contributed by atoms with E-state index >= 15 is 0 Å². The molecule has 3 aromatic rings. The quantitative estimate of drug-likeness (QED) is 0.329. The highest BCUT2D eigenvalue weighted by atomic mass is 35.5. The Hall–Kier alpha value is -3.95. The summed E-state index contributed by atoms with van der Waals surface area (Å²) in [5, 5.41) is 0.378. The molecule has 2 amide bonds. The van der Waals surface area contributed by atoms with Crippen molar-refractivity contribution in [1.29, 1.82) is 0 Å². The lowest BCUT2D eigenvalue weighted by Crippen LogP contribution is -2.50. The van der Waals surface area contributed by atoms with Crippen LogP contribution in [0.15, 0.2) is 66.7 Å². The summed E-state index contributed by atoms with van der Waals surface area (Å²) in [7, 11) is 1.58. The number of amides is 2. The minimum Gasteiger partial charge on any atom is -0.497 e. The molecule has 0 bridgehead atoms. The number of ether oxygens (including phenoxy) is 2. The smallest absolute Gasteiger partial charge is 0.311 e. The first-order chi connectivity index (χ1) is 20.7. The zero-order valence-corrected chi connectivity index (χ0v) is 25.1. The fraction of sp³-hybridized carbons (Fsp3) is 0.364. The van der Waals surface area contributed by atoms with Crippen molar-refractivity contribution in [2.24, 2.45) is 5.92 Å². The third-order valence-corrected chi connectivity index (χ3v) is 8.53. The Morgan fingerprint density at radius 1 is 0.977 bits per heavy atom. The third kappa shape index (κ3) is 7.00. The number of halogens is 2. The van der Waals surface area contributed by atoms with E-state index in [1.807, 2.05) is 48.2 Å². The maximum atomic E-state index is 14.2. The number of rotatable bonds is 8. The van der Waals surface area contributed by atoms with Crippen molar-refractivity contribution in [2.45, 2.75) is 32.4 Å². The molecule has 0 spiro atoms. The maximum absolute atomic E-state index is 14.2. The highest BCUT2D eigenvalue weighted by Gasteiger charge is 2.42. The second-order valence-electron chi connectivity index (χ2n) is 10.9. The monoisotopic (exact) mass is 607 g/mol. The normalized spacial score (nSPS) is 19.3. The van der Waals surface area contributed by atoms with Crippen molar-refractivity contribution < 1.29 is 28.2 Å². The number of carbonyl (C=O) groups is 3. The molecule has 10 heteroatoms. The van der Waals surface area contributed by atoms with Gasteiger partial charge in [0.2, 0.25) is 5.91 Å². The summed E-state index contributed by atoms with van der Waals surface area (Å²) in [5.74, 6) is -1.25. The van der Waals surface area contributed by atoms with Gasteiger partial charge in [-0.2, -0.15) is 0 Å². The molecule has 0 radical (unpaired) electrons. The van der Waals surface area contributed by atoms with Crippen molar-refractivity contribution >= 4 is 35.1 Å². The molecular formula is C33H35ClFN3O5. The molecule has 0 N–H and O–H groups in total. The average molecular weight is 608 g/mol. The second kappa shape index (κ2) is 13.6. The van der Waals surface area contributed by atoms with Crippen LogP contribution in [0.25, 0.3) is 0 Å². The molecule has 8 nitrogen and oxygen atoms in total. The third-order valence-electron chi connectivity index (χ3n) is 8.18. The zero-order chi connectivity index (χ0) is 30.5. The maximum Gasteiger partial charge on any atom is 0.311 e. The van der Waals surface area contributed by atoms with Gasteiger partial charge in [-0.1, -0.05) is 47.5 Å². The molecular weight excluding hydrogens is 573 g/mol. The van der Waals surface area contributed by atoms with Crippen LogP contribution in [-0.2, 0) is 25.7 Å². The highest BCUT2D eigenvalue weighted by molar-refractivity contribution is 6.31. The lowest BCUT2D eigenvalue weighted by Gasteiger charge is -2.40. The predicted octanol–water partition coefficient (Wildman–Crippen LogP) is 5.17. The summed E-state index contributed by atoms with van der Waals surface area (Å²) in [4.78, 5) is 45.2. The van der Waals surface area contributed by atoms with Gasteiger partial charge in [-0.3, -0.25) is 19.3 Å². The SMILES string of the molecule is COc1ccc(C2C(C(=O)OCC(=O)N3CCN(Cc4c(F)cccc4Cl)CC3)CCC(=O)N2c2ccc(C)cc2)cc1. The molecule has 2 aliphatic heterocycles. The molecule has 2 atom stereocenters. The Balaban J connectivity index is 1.24. The van der Waals surface area contributed by atoms with Gasteiger partial charge in [-0.05, 0) is 55.3 Å². The minimum absolute atomic E-state index is 0.0839. The number of carbonyl (C=O) groups excluding carboxylic acids is 3. The number of piperazine rings is 1. The number of hydrogen-bond acceptors (Lipinski definition) is 6. The molecule has 0 aliphatic carbocycles. The number of hydrogen-bond donors (Lipinski definition) is 0. The van der Waals surface area contributed by atoms with Crippen LogP contribution in [0, 0.1) is 18.7 Å². The van der Waals surface area contributed by atoms with Crippen LogP contribution in [0.3, 0.4) is 0 Å². The molecule has 0 saturated carbocycles. The van der Waals surface area contributed by atoms with Gasteiger partial charge in [0.05, 0.1) is 19.1 Å². The molecule has 226 valence electrons. The predicted molar refractivity (Wildman–Crippen MR) is 161 cm³/mol. The molecule has 2 fully saturated rings. The van der Waals surface area contributed by atoms with E-state index in [1.165, 1.54) is 6.07 Å². The van der Waals surface area contributed by atoms with Crippen molar-refractivity contribution in [3.05, 3.63) is 94.3 Å². The summed E-state index contributed by atoms with van der Waals surface area (Å²) >= 11 is 6.18. The van der Waals surface area contributed by atoms with Crippen LogP contribution in [0.2, 0.25) is 5.02 Å². The van der Waals surface area contributed by atoms with Crippen molar-refractivity contribution in [3.8, 4) is 5.75 Å². The summed E-state index contributed by atoms with van der Waals surface area (Å²) in [6, 6.07) is 18.9. The van der Waals surface area contributed by atoms with Gasteiger partial charge in [0.15, 0.2) is 6.61 Å². The summed E-state index contributed by atoms with van der Waals surface area (Å²) in [6.45, 7) is 3.88. The number of piperidine rings is 1. The van der Waals surface area contributed by atoms with Gasteiger partial charge in [0.25, 0.3) is 5.91 Å². The molecule has 2 saturated heterocycles. The van der Waals surface area contributed by atoms with Gasteiger partial charge >= 0.3 is 5.97 Å². The van der Waals surface area contributed by atoms with E-state index in [0.29, 0.717) is 61.2 Å². The standard InChI is InChI=1S/C33H35ClFN3O5/c1-22-6-10-24(11-7-22)38-30(39)15-14-26(32(38)23-8-12-25(42-2)13-9-23)33(41)43-21-31(40)37-18-16-36(17-19-37)20-27-28(34)4-3-5-29(27)35/h3-13,26,32H,14-21H2,1-2H3. The number of nitrogens with zero attached hydrogens (tertiary/aromatic N) is 3. The minimum atomic E-state index is -0.664. The molecule has 5 rings (SSSR count). The molecule has 0 aromatic heterocycles. The van der Waals surface area contributed by atoms with E-state index < -0.39 is 17.9 Å². The number of aryl methyl sites for hydroxylation is 1. The Morgan fingerprint density at radius 3 is 2.33 bits per heavy atom. The van der Waals surface area contributed by atoms with Crippen molar-refractivity contribution in [3.63, 3.8) is 0 Å². The van der Waals surface area contributed by atoms with Crippen LogP contribution < -0.4 is 9.64 Å². The molecule has 43 heavy (non-hydrogen) atoms. The van der Waals surface area contributed by atoms with Gasteiger partial charge in [0.1, 0.15) is 11.6 Å². The van der Waals surface area contributed by atoms with E-state index in [4.69, 9.17) is 21.1 Å². The fourth-order valence-corrected chi connectivity index (χ4v) is 5.95. The molecule has 2 aliphatic rings. The first kappa shape index (κ1) is 30.5. The highest BCUT2D eigenvalue weighted by Crippen LogP contribution is 2.41. The molecule has 2 heterocycles. The summed E-state index contributed by atoms with van der Waals surface area (Å²) in [6.07, 6.45) is 0.490. The van der Waals surface area contributed by atoms with Gasteiger partial charge in [0, 0.05) is 55.4 Å². The van der Waals surface area contributed by atoms with Crippen LogP contribution in [-0.4, -0.2) is 67.5 Å². The van der Waals surface area contributed by atoms with E-state index in [9.17, 15) is 18.8 Å². The van der Waals surface area contributed by atoms with E-state index in [2.05, 4.69) is 0 Å². The van der Waals surface area contributed by atoms with Gasteiger partial charge in [-0.25, -0.2) is 4.39 Å². The average Bonchev–Trinajstić information content (AvgIpc) is 3.02. The zero-order valence-electron chi connectivity index (χ0n) is 24.3. The Kier molecular flexibility index (Phi) is 9.62. The summed E-state index contributed by atoms with van der Waals surface area (Å²) < 4.78 is 25.1. The Morgan fingerprint density at radius 2 is 1.67 bits per heavy atom. The molecule has 2 unspecified atom stereocenters. The van der Waals surface area contributed by atoms with Crippen LogP contribution in [0.1, 0.15) is 35.6 Å². The number of methoxy groups -OCH3 is 1. The van der Waals surface area contributed by atoms with Gasteiger partial charge in [-0.15, -0.1) is 0 Å². The summed E-state index contributed by atoms with van der Waals surface area (Å²) in [5.41, 5.74) is 2.96. The Labute approximate surface area is 255 Å². The van der Waals surface area contributed by atoms with Crippen molar-refractivity contribution in [1.82, 2.24) is 9.80 Å². The van der Waals surface area contributed by atoms with Crippen LogP contribution >= 0.6 is 11.6 Å². The first-order valence-corrected chi connectivity index (χ1v) is 14.7.